The highest BCUT2D eigenvalue weighted by Gasteiger charge is 2.23. The summed E-state index contributed by atoms with van der Waals surface area (Å²) in [5.41, 5.74) is 1.12. The Kier molecular flexibility index (Phi) is 12.2. The van der Waals surface area contributed by atoms with Gasteiger partial charge in [0.05, 0.1) is 11.2 Å². The molecule has 1 aliphatic rings. The number of thioether (sulfide) groups is 1. The second-order valence-corrected chi connectivity index (χ2v) is 8.76. The molecule has 2 amide bonds. The molecule has 1 atom stereocenters. The van der Waals surface area contributed by atoms with E-state index in [-0.39, 0.29) is 17.8 Å². The van der Waals surface area contributed by atoms with Crippen molar-refractivity contribution in [1.82, 2.24) is 19.8 Å². The lowest BCUT2D eigenvalue weighted by atomic mass is 10.1. The summed E-state index contributed by atoms with van der Waals surface area (Å²) >= 11 is 1.51. The van der Waals surface area contributed by atoms with E-state index in [1.807, 2.05) is 24.2 Å². The number of nitrogens with zero attached hydrogens (tertiary/aromatic N) is 5. The first-order valence-corrected chi connectivity index (χ1v) is 12.2. The van der Waals surface area contributed by atoms with Crippen LogP contribution in [0.25, 0.3) is 0 Å². The Balaban J connectivity index is 0.00000161. The molecule has 1 aromatic rings. The van der Waals surface area contributed by atoms with Crippen LogP contribution in [-0.4, -0.2) is 65.3 Å². The van der Waals surface area contributed by atoms with E-state index in [0.29, 0.717) is 18.2 Å². The van der Waals surface area contributed by atoms with E-state index < -0.39 is 0 Å². The van der Waals surface area contributed by atoms with E-state index >= 15 is 0 Å². The molecule has 0 aromatic carbocycles. The number of carbonyl (C=O) groups excluding carboxylic acids is 1. The number of anilines is 2. The van der Waals surface area contributed by atoms with Crippen LogP contribution >= 0.6 is 11.8 Å². The van der Waals surface area contributed by atoms with Crippen LogP contribution in [0.1, 0.15) is 52.1 Å². The molecule has 1 fully saturated rings. The normalized spacial score (nSPS) is 16.1. The van der Waals surface area contributed by atoms with E-state index in [0.717, 1.165) is 36.4 Å². The molecule has 1 unspecified atom stereocenters. The van der Waals surface area contributed by atoms with E-state index in [2.05, 4.69) is 47.1 Å². The summed E-state index contributed by atoms with van der Waals surface area (Å²) in [4.78, 5) is 24.6. The number of hydrogen-bond acceptors (Lipinski definition) is 7. The third-order valence-corrected chi connectivity index (χ3v) is 5.05. The molecular weight excluding hydrogens is 422 g/mol. The van der Waals surface area contributed by atoms with Crippen molar-refractivity contribution in [2.24, 2.45) is 0 Å². The van der Waals surface area contributed by atoms with E-state index in [1.165, 1.54) is 18.2 Å². The molecule has 1 aromatic heterocycles. The number of urea groups is 1. The van der Waals surface area contributed by atoms with Gasteiger partial charge < -0.3 is 20.4 Å². The van der Waals surface area contributed by atoms with Crippen LogP contribution in [-0.2, 0) is 0 Å². The summed E-state index contributed by atoms with van der Waals surface area (Å²) in [6.07, 6.45) is 9.59. The largest absolute Gasteiger partial charge is 0.364 e. The minimum Gasteiger partial charge on any atom is -0.364 e. The van der Waals surface area contributed by atoms with Gasteiger partial charge in [-0.15, -0.1) is 11.8 Å². The SMILES string of the molecule is C=C(C)/C=C(/Nc1nc(NC2CCCCN(C(=O)N(C)C)C2)cnc1C#N)SC.CCC. The summed E-state index contributed by atoms with van der Waals surface area (Å²) in [7, 11) is 3.53. The highest BCUT2D eigenvalue weighted by atomic mass is 32.2. The Hall–Kier alpha value is -2.73. The lowest BCUT2D eigenvalue weighted by Crippen LogP contribution is -2.44. The quantitative estimate of drug-likeness (QED) is 0.584. The molecular formula is C23H37N7OS. The highest BCUT2D eigenvalue weighted by molar-refractivity contribution is 8.02. The fourth-order valence-corrected chi connectivity index (χ4v) is 3.56. The molecule has 9 heteroatoms. The van der Waals surface area contributed by atoms with Gasteiger partial charge in [0.15, 0.2) is 11.5 Å². The number of nitriles is 1. The number of likely N-dealkylation sites (tertiary alicyclic amines) is 1. The molecule has 1 saturated heterocycles. The van der Waals surface area contributed by atoms with Crippen molar-refractivity contribution in [2.75, 3.05) is 44.1 Å². The third-order valence-electron chi connectivity index (χ3n) is 4.39. The average molecular weight is 460 g/mol. The summed E-state index contributed by atoms with van der Waals surface area (Å²) in [5, 5.41) is 16.8. The molecule has 0 bridgehead atoms. The number of rotatable bonds is 6. The van der Waals surface area contributed by atoms with Gasteiger partial charge in [-0.05, 0) is 38.5 Å². The van der Waals surface area contributed by atoms with Crippen molar-refractivity contribution in [1.29, 1.82) is 5.26 Å². The van der Waals surface area contributed by atoms with E-state index in [4.69, 9.17) is 0 Å². The predicted molar refractivity (Wildman–Crippen MR) is 135 cm³/mol. The molecule has 1 aliphatic heterocycles. The van der Waals surface area contributed by atoms with Crippen LogP contribution in [0.15, 0.2) is 29.5 Å². The van der Waals surface area contributed by atoms with Crippen LogP contribution < -0.4 is 10.6 Å². The van der Waals surface area contributed by atoms with Gasteiger partial charge >= 0.3 is 6.03 Å². The topological polar surface area (TPSA) is 97.2 Å². The smallest absolute Gasteiger partial charge is 0.319 e. The van der Waals surface area contributed by atoms with Crippen LogP contribution in [0.3, 0.4) is 0 Å². The first kappa shape index (κ1) is 27.3. The second-order valence-electron chi connectivity index (χ2n) is 7.92. The Morgan fingerprint density at radius 1 is 1.44 bits per heavy atom. The number of allylic oxidation sites excluding steroid dienone is 2. The standard InChI is InChI=1S/C20H29N7OS.C3H8/c1-14(2)10-18(29-5)25-19-16(11-21)22-12-17(24-19)23-15-8-6-7-9-27(13-15)20(28)26(3)4;1-3-2/h10,12,15H,1,6-9,13H2,2-5H3,(H2,23,24,25);3H2,1-2H3/b18-10-;. The van der Waals surface area contributed by atoms with Gasteiger partial charge in [-0.25, -0.2) is 14.8 Å². The van der Waals surface area contributed by atoms with Crippen LogP contribution in [0.4, 0.5) is 16.4 Å². The van der Waals surface area contributed by atoms with Gasteiger partial charge in [0.2, 0.25) is 0 Å². The van der Waals surface area contributed by atoms with Crippen molar-refractivity contribution >= 4 is 29.4 Å². The number of amides is 2. The van der Waals surface area contributed by atoms with Gasteiger partial charge in [-0.1, -0.05) is 32.4 Å². The predicted octanol–water partition coefficient (Wildman–Crippen LogP) is 4.90. The molecule has 8 nitrogen and oxygen atoms in total. The van der Waals surface area contributed by atoms with Crippen molar-refractivity contribution in [3.05, 3.63) is 35.1 Å². The molecule has 0 radical (unpaired) electrons. The Morgan fingerprint density at radius 3 is 2.69 bits per heavy atom. The zero-order valence-electron chi connectivity index (χ0n) is 20.2. The van der Waals surface area contributed by atoms with E-state index in [9.17, 15) is 10.1 Å². The van der Waals surface area contributed by atoms with Crippen LogP contribution in [0, 0.1) is 11.3 Å². The van der Waals surface area contributed by atoms with Gasteiger partial charge in [-0.3, -0.25) is 0 Å². The third kappa shape index (κ3) is 9.18. The lowest BCUT2D eigenvalue weighted by molar-refractivity contribution is 0.171. The summed E-state index contributed by atoms with van der Waals surface area (Å²) in [5.74, 6) is 0.973. The molecule has 32 heavy (non-hydrogen) atoms. The maximum atomic E-state index is 12.4. The first-order chi connectivity index (χ1) is 15.2. The number of nitrogens with one attached hydrogen (secondary N) is 2. The number of hydrogen-bond donors (Lipinski definition) is 2. The maximum absolute atomic E-state index is 12.4. The number of carbonyl (C=O) groups is 1. The second kappa shape index (κ2) is 14.4. The van der Waals surface area contributed by atoms with Crippen molar-refractivity contribution in [3.8, 4) is 6.07 Å². The summed E-state index contributed by atoms with van der Waals surface area (Å²) in [6.45, 7) is 11.4. The van der Waals surface area contributed by atoms with Crippen LogP contribution in [0.2, 0.25) is 0 Å². The first-order valence-electron chi connectivity index (χ1n) is 10.9. The Morgan fingerprint density at radius 2 is 2.12 bits per heavy atom. The van der Waals surface area contributed by atoms with Gasteiger partial charge in [0.1, 0.15) is 11.9 Å². The number of aromatic nitrogens is 2. The fourth-order valence-electron chi connectivity index (χ4n) is 3.04. The monoisotopic (exact) mass is 459 g/mol. The maximum Gasteiger partial charge on any atom is 0.319 e. The Labute approximate surface area is 197 Å². The van der Waals surface area contributed by atoms with Crippen molar-refractivity contribution in [2.45, 2.75) is 52.5 Å². The van der Waals surface area contributed by atoms with Gasteiger partial charge in [0.25, 0.3) is 0 Å². The molecule has 2 heterocycles. The highest BCUT2D eigenvalue weighted by Crippen LogP contribution is 2.22. The van der Waals surface area contributed by atoms with Crippen molar-refractivity contribution in [3.63, 3.8) is 0 Å². The molecule has 0 saturated carbocycles. The summed E-state index contributed by atoms with van der Waals surface area (Å²) in [6, 6.07) is 2.16. The van der Waals surface area contributed by atoms with Crippen molar-refractivity contribution < 1.29 is 4.79 Å². The zero-order chi connectivity index (χ0) is 24.1. The average Bonchev–Trinajstić information content (AvgIpc) is 2.98. The van der Waals surface area contributed by atoms with Gasteiger partial charge in [0, 0.05) is 33.2 Å². The molecule has 2 N–H and O–H groups in total. The summed E-state index contributed by atoms with van der Waals surface area (Å²) < 4.78 is 0. The fraction of sp³-hybridized carbons (Fsp3) is 0.565. The molecule has 176 valence electrons. The molecule has 2 rings (SSSR count). The van der Waals surface area contributed by atoms with Crippen LogP contribution in [0.5, 0.6) is 0 Å². The van der Waals surface area contributed by atoms with Gasteiger partial charge in [-0.2, -0.15) is 5.26 Å². The zero-order valence-corrected chi connectivity index (χ0v) is 21.1. The minimum atomic E-state index is 0.0153. The minimum absolute atomic E-state index is 0.0153. The lowest BCUT2D eigenvalue weighted by Gasteiger charge is -2.28. The molecule has 0 spiro atoms. The Bertz CT molecular complexity index is 832. The molecule has 0 aliphatic carbocycles. The van der Waals surface area contributed by atoms with E-state index in [1.54, 1.807) is 25.2 Å².